The van der Waals surface area contributed by atoms with Gasteiger partial charge in [-0.15, -0.1) is 11.3 Å². The van der Waals surface area contributed by atoms with Gasteiger partial charge in [0.15, 0.2) is 0 Å². The maximum absolute atomic E-state index is 12.3. The van der Waals surface area contributed by atoms with Gasteiger partial charge < -0.3 is 15.2 Å². The van der Waals surface area contributed by atoms with Gasteiger partial charge in [0.1, 0.15) is 5.82 Å². The number of aromatic amines is 1. The molecular formula is C18H21N5OS. The van der Waals surface area contributed by atoms with E-state index in [0.29, 0.717) is 12.5 Å². The van der Waals surface area contributed by atoms with Gasteiger partial charge in [-0.1, -0.05) is 12.1 Å². The number of benzene rings is 1. The minimum atomic E-state index is 0.0274. The third kappa shape index (κ3) is 3.66. The molecule has 6 nitrogen and oxygen atoms in total. The monoisotopic (exact) mass is 355 g/mol. The van der Waals surface area contributed by atoms with Gasteiger partial charge in [0, 0.05) is 43.5 Å². The lowest BCUT2D eigenvalue weighted by molar-refractivity contribution is 0.180. The van der Waals surface area contributed by atoms with E-state index in [2.05, 4.69) is 21.4 Å². The number of hydrogen-bond donors (Lipinski definition) is 2. The fraction of sp³-hybridized carbons (Fsp3) is 0.389. The van der Waals surface area contributed by atoms with E-state index in [0.717, 1.165) is 54.2 Å². The lowest BCUT2D eigenvalue weighted by Gasteiger charge is -2.31. The number of thiazole rings is 1. The number of fused-ring (bicyclic) bond motifs is 1. The molecule has 2 amide bonds. The average Bonchev–Trinajstić information content (AvgIpc) is 3.31. The summed E-state index contributed by atoms with van der Waals surface area (Å²) in [6.07, 6.45) is 4.48. The standard InChI is InChI=1S/C18H21N5OS/c24-18(20-8-5-16-19-9-12-25-16)23-10-6-13(7-11-23)17-21-14-3-1-2-4-15(14)22-17/h1-4,9,12-13H,5-8,10-11H2,(H,20,24)(H,21,22). The van der Waals surface area contributed by atoms with Gasteiger partial charge in [-0.2, -0.15) is 0 Å². The highest BCUT2D eigenvalue weighted by Crippen LogP contribution is 2.27. The van der Waals surface area contributed by atoms with Crippen LogP contribution >= 0.6 is 11.3 Å². The topological polar surface area (TPSA) is 73.9 Å². The van der Waals surface area contributed by atoms with Crippen molar-refractivity contribution in [3.8, 4) is 0 Å². The number of likely N-dealkylation sites (tertiary alicyclic amines) is 1. The predicted molar refractivity (Wildman–Crippen MR) is 98.9 cm³/mol. The van der Waals surface area contributed by atoms with Crippen LogP contribution < -0.4 is 5.32 Å². The Kier molecular flexibility index (Phi) is 4.65. The van der Waals surface area contributed by atoms with Gasteiger partial charge in [-0.3, -0.25) is 0 Å². The van der Waals surface area contributed by atoms with Crippen LogP contribution in [0, 0.1) is 0 Å². The molecule has 1 aliphatic rings. The summed E-state index contributed by atoms with van der Waals surface area (Å²) in [6.45, 7) is 2.17. The Bertz CT molecular complexity index is 803. The number of nitrogens with zero attached hydrogens (tertiary/aromatic N) is 3. The molecule has 0 saturated carbocycles. The summed E-state index contributed by atoms with van der Waals surface area (Å²) in [6, 6.07) is 8.13. The molecule has 0 unspecified atom stereocenters. The quantitative estimate of drug-likeness (QED) is 0.755. The zero-order valence-corrected chi connectivity index (χ0v) is 14.8. The summed E-state index contributed by atoms with van der Waals surface area (Å²) in [5.41, 5.74) is 2.10. The normalized spacial score (nSPS) is 15.6. The molecule has 1 saturated heterocycles. The van der Waals surface area contributed by atoms with Gasteiger partial charge in [0.25, 0.3) is 0 Å². The number of imidazole rings is 1. The Balaban J connectivity index is 1.28. The van der Waals surface area contributed by atoms with Crippen molar-refractivity contribution in [3.05, 3.63) is 46.7 Å². The molecule has 4 rings (SSSR count). The van der Waals surface area contributed by atoms with Crippen molar-refractivity contribution in [3.63, 3.8) is 0 Å². The number of aromatic nitrogens is 3. The smallest absolute Gasteiger partial charge is 0.317 e. The van der Waals surface area contributed by atoms with Crippen molar-refractivity contribution in [2.75, 3.05) is 19.6 Å². The molecule has 0 spiro atoms. The fourth-order valence-electron chi connectivity index (χ4n) is 3.29. The van der Waals surface area contributed by atoms with E-state index in [-0.39, 0.29) is 6.03 Å². The number of nitrogens with one attached hydrogen (secondary N) is 2. The van der Waals surface area contributed by atoms with Gasteiger partial charge >= 0.3 is 6.03 Å². The van der Waals surface area contributed by atoms with E-state index in [4.69, 9.17) is 4.98 Å². The van der Waals surface area contributed by atoms with Crippen molar-refractivity contribution in [2.24, 2.45) is 0 Å². The molecule has 1 aromatic carbocycles. The van der Waals surface area contributed by atoms with Crippen molar-refractivity contribution < 1.29 is 4.79 Å². The molecule has 0 aliphatic carbocycles. The molecule has 7 heteroatoms. The lowest BCUT2D eigenvalue weighted by Crippen LogP contribution is -2.44. The maximum atomic E-state index is 12.3. The molecular weight excluding hydrogens is 334 g/mol. The average molecular weight is 355 g/mol. The molecule has 2 aromatic heterocycles. The SMILES string of the molecule is O=C(NCCc1nccs1)N1CCC(c2nc3ccccc3[nH]2)CC1. The van der Waals surface area contributed by atoms with E-state index >= 15 is 0 Å². The first kappa shape index (κ1) is 16.1. The summed E-state index contributed by atoms with van der Waals surface area (Å²) in [7, 11) is 0. The number of para-hydroxylation sites is 2. The van der Waals surface area contributed by atoms with Gasteiger partial charge in [0.2, 0.25) is 0 Å². The van der Waals surface area contributed by atoms with Crippen LogP contribution in [0.4, 0.5) is 4.79 Å². The highest BCUT2D eigenvalue weighted by atomic mass is 32.1. The van der Waals surface area contributed by atoms with Crippen molar-refractivity contribution in [1.82, 2.24) is 25.2 Å². The molecule has 130 valence electrons. The van der Waals surface area contributed by atoms with Crippen LogP contribution in [0.2, 0.25) is 0 Å². The first-order valence-corrected chi connectivity index (χ1v) is 9.53. The molecule has 3 aromatic rings. The van der Waals surface area contributed by atoms with Crippen molar-refractivity contribution in [1.29, 1.82) is 0 Å². The minimum Gasteiger partial charge on any atom is -0.342 e. The van der Waals surface area contributed by atoms with E-state index in [1.165, 1.54) is 0 Å². The van der Waals surface area contributed by atoms with Crippen LogP contribution in [0.1, 0.15) is 29.6 Å². The number of carbonyl (C=O) groups is 1. The lowest BCUT2D eigenvalue weighted by atomic mass is 9.96. The summed E-state index contributed by atoms with van der Waals surface area (Å²) in [5.74, 6) is 1.44. The first-order chi connectivity index (χ1) is 12.3. The van der Waals surface area contributed by atoms with Crippen LogP contribution in [0.25, 0.3) is 11.0 Å². The van der Waals surface area contributed by atoms with E-state index < -0.39 is 0 Å². The van der Waals surface area contributed by atoms with Crippen LogP contribution in [0.5, 0.6) is 0 Å². The second kappa shape index (κ2) is 7.23. The molecule has 1 fully saturated rings. The van der Waals surface area contributed by atoms with E-state index in [1.807, 2.05) is 28.5 Å². The third-order valence-electron chi connectivity index (χ3n) is 4.68. The summed E-state index contributed by atoms with van der Waals surface area (Å²) in [5, 5.41) is 6.01. The molecule has 2 N–H and O–H groups in total. The number of piperidine rings is 1. The Morgan fingerprint density at radius 3 is 2.92 bits per heavy atom. The maximum Gasteiger partial charge on any atom is 0.317 e. The van der Waals surface area contributed by atoms with Crippen LogP contribution in [0.15, 0.2) is 35.8 Å². The number of amides is 2. The molecule has 0 bridgehead atoms. The molecule has 0 radical (unpaired) electrons. The van der Waals surface area contributed by atoms with E-state index in [9.17, 15) is 4.79 Å². The largest absolute Gasteiger partial charge is 0.342 e. The van der Waals surface area contributed by atoms with Crippen molar-refractivity contribution >= 4 is 28.4 Å². The minimum absolute atomic E-state index is 0.0274. The van der Waals surface area contributed by atoms with Gasteiger partial charge in [-0.25, -0.2) is 14.8 Å². The number of hydrogen-bond acceptors (Lipinski definition) is 4. The van der Waals surface area contributed by atoms with Gasteiger partial charge in [-0.05, 0) is 25.0 Å². The Morgan fingerprint density at radius 1 is 1.32 bits per heavy atom. The number of rotatable bonds is 4. The summed E-state index contributed by atoms with van der Waals surface area (Å²) < 4.78 is 0. The summed E-state index contributed by atoms with van der Waals surface area (Å²) in [4.78, 5) is 26.5. The Hall–Kier alpha value is -2.41. The van der Waals surface area contributed by atoms with Crippen LogP contribution in [-0.2, 0) is 6.42 Å². The highest BCUT2D eigenvalue weighted by molar-refractivity contribution is 7.09. The van der Waals surface area contributed by atoms with Crippen molar-refractivity contribution in [2.45, 2.75) is 25.2 Å². The van der Waals surface area contributed by atoms with Crippen LogP contribution in [-0.4, -0.2) is 45.5 Å². The zero-order valence-electron chi connectivity index (χ0n) is 13.9. The van der Waals surface area contributed by atoms with E-state index in [1.54, 1.807) is 17.5 Å². The fourth-order valence-corrected chi connectivity index (χ4v) is 3.91. The van der Waals surface area contributed by atoms with Gasteiger partial charge in [0.05, 0.1) is 16.0 Å². The van der Waals surface area contributed by atoms with Crippen LogP contribution in [0.3, 0.4) is 0 Å². The number of urea groups is 1. The second-order valence-electron chi connectivity index (χ2n) is 6.31. The molecule has 0 atom stereocenters. The number of carbonyl (C=O) groups excluding carboxylic acids is 1. The third-order valence-corrected chi connectivity index (χ3v) is 5.51. The molecule has 25 heavy (non-hydrogen) atoms. The first-order valence-electron chi connectivity index (χ1n) is 8.65. The predicted octanol–water partition coefficient (Wildman–Crippen LogP) is 3.15. The summed E-state index contributed by atoms with van der Waals surface area (Å²) >= 11 is 1.62. The molecule has 3 heterocycles. The number of H-pyrrole nitrogens is 1. The Morgan fingerprint density at radius 2 is 2.16 bits per heavy atom. The highest BCUT2D eigenvalue weighted by Gasteiger charge is 2.25. The second-order valence-corrected chi connectivity index (χ2v) is 7.29. The zero-order chi connectivity index (χ0) is 17.1. The molecule has 1 aliphatic heterocycles. The Labute approximate surface area is 150 Å².